The lowest BCUT2D eigenvalue weighted by Crippen LogP contribution is -2.14. The molecule has 0 saturated heterocycles. The van der Waals surface area contributed by atoms with Gasteiger partial charge in [0.15, 0.2) is 0 Å². The molecule has 0 nitrogen and oxygen atoms in total. The Balaban J connectivity index is 2.11. The summed E-state index contributed by atoms with van der Waals surface area (Å²) in [6.45, 7) is 4.56. The number of rotatable bonds is 2. The molecule has 1 aliphatic rings. The molecule has 0 N–H and O–H groups in total. The quantitative estimate of drug-likeness (QED) is 0.625. The predicted octanol–water partition coefficient (Wildman–Crippen LogP) is 5.26. The maximum atomic E-state index is 6.34. The van der Waals surface area contributed by atoms with Gasteiger partial charge in [-0.25, -0.2) is 0 Å². The normalized spacial score (nSPS) is 23.7. The van der Waals surface area contributed by atoms with Crippen molar-refractivity contribution in [2.45, 2.75) is 26.7 Å². The Hall–Kier alpha value is -1.01. The highest BCUT2D eigenvalue weighted by Gasteiger charge is 2.20. The average Bonchev–Trinajstić information content (AvgIpc) is 2.33. The largest absolute Gasteiger partial charge is 0.0840 e. The zero-order valence-electron chi connectivity index (χ0n) is 10.5. The molecule has 0 fully saturated rings. The van der Waals surface area contributed by atoms with Crippen molar-refractivity contribution in [3.63, 3.8) is 0 Å². The SMILES string of the molecule is CC1(C)C=CC(/C=C(/Cl)c2ccccc2)CC1. The summed E-state index contributed by atoms with van der Waals surface area (Å²) in [4.78, 5) is 0. The number of halogens is 1. The Labute approximate surface area is 109 Å². The smallest absolute Gasteiger partial charge is 0.0444 e. The Kier molecular flexibility index (Phi) is 3.73. The van der Waals surface area contributed by atoms with Gasteiger partial charge < -0.3 is 0 Å². The molecule has 1 aliphatic carbocycles. The highest BCUT2D eigenvalue weighted by Crippen LogP contribution is 2.34. The summed E-state index contributed by atoms with van der Waals surface area (Å²) in [5.74, 6) is 0.482. The van der Waals surface area contributed by atoms with Crippen molar-refractivity contribution >= 4 is 16.6 Å². The van der Waals surface area contributed by atoms with E-state index in [9.17, 15) is 0 Å². The Morgan fingerprint density at radius 3 is 2.59 bits per heavy atom. The Morgan fingerprint density at radius 2 is 2.00 bits per heavy atom. The van der Waals surface area contributed by atoms with Gasteiger partial charge in [-0.15, -0.1) is 0 Å². The lowest BCUT2D eigenvalue weighted by atomic mass is 9.79. The lowest BCUT2D eigenvalue weighted by Gasteiger charge is -2.27. The highest BCUT2D eigenvalue weighted by atomic mass is 35.5. The van der Waals surface area contributed by atoms with Crippen LogP contribution in [-0.2, 0) is 0 Å². The van der Waals surface area contributed by atoms with Crippen LogP contribution >= 0.6 is 11.6 Å². The first-order chi connectivity index (χ1) is 8.07. The van der Waals surface area contributed by atoms with E-state index >= 15 is 0 Å². The fourth-order valence-electron chi connectivity index (χ4n) is 2.12. The van der Waals surface area contributed by atoms with E-state index in [1.165, 1.54) is 12.8 Å². The van der Waals surface area contributed by atoms with Crippen LogP contribution in [0.2, 0.25) is 0 Å². The maximum absolute atomic E-state index is 6.34. The minimum absolute atomic E-state index is 0.351. The minimum atomic E-state index is 0.351. The van der Waals surface area contributed by atoms with E-state index in [0.29, 0.717) is 11.3 Å². The zero-order chi connectivity index (χ0) is 12.3. The molecule has 0 spiro atoms. The summed E-state index contributed by atoms with van der Waals surface area (Å²) in [5.41, 5.74) is 1.45. The average molecular weight is 247 g/mol. The van der Waals surface area contributed by atoms with E-state index in [2.05, 4.69) is 44.2 Å². The van der Waals surface area contributed by atoms with E-state index < -0.39 is 0 Å². The van der Waals surface area contributed by atoms with Crippen LogP contribution in [0.1, 0.15) is 32.3 Å². The molecule has 1 aromatic carbocycles. The third kappa shape index (κ3) is 3.47. The minimum Gasteiger partial charge on any atom is -0.0840 e. The number of hydrogen-bond donors (Lipinski definition) is 0. The van der Waals surface area contributed by atoms with E-state index in [-0.39, 0.29) is 0 Å². The predicted molar refractivity (Wildman–Crippen MR) is 75.9 cm³/mol. The Bertz CT molecular complexity index is 426. The van der Waals surface area contributed by atoms with Crippen molar-refractivity contribution in [2.75, 3.05) is 0 Å². The van der Waals surface area contributed by atoms with Crippen LogP contribution < -0.4 is 0 Å². The van der Waals surface area contributed by atoms with Crippen LogP contribution in [0.5, 0.6) is 0 Å². The van der Waals surface area contributed by atoms with E-state index in [4.69, 9.17) is 11.6 Å². The maximum Gasteiger partial charge on any atom is 0.0444 e. The van der Waals surface area contributed by atoms with Crippen LogP contribution in [0.3, 0.4) is 0 Å². The molecular formula is C16H19Cl. The van der Waals surface area contributed by atoms with Gasteiger partial charge in [0.1, 0.15) is 0 Å². The summed E-state index contributed by atoms with van der Waals surface area (Å²) in [7, 11) is 0. The van der Waals surface area contributed by atoms with Gasteiger partial charge in [0.25, 0.3) is 0 Å². The molecule has 2 rings (SSSR count). The van der Waals surface area contributed by atoms with Crippen LogP contribution in [0.25, 0.3) is 5.03 Å². The summed E-state index contributed by atoms with van der Waals surface area (Å²) >= 11 is 6.34. The van der Waals surface area contributed by atoms with Crippen LogP contribution in [-0.4, -0.2) is 0 Å². The van der Waals surface area contributed by atoms with Gasteiger partial charge in [-0.2, -0.15) is 0 Å². The summed E-state index contributed by atoms with van der Waals surface area (Å²) in [6, 6.07) is 10.2. The van der Waals surface area contributed by atoms with Crippen molar-refractivity contribution in [1.29, 1.82) is 0 Å². The molecule has 1 aromatic rings. The van der Waals surface area contributed by atoms with E-state index in [0.717, 1.165) is 10.6 Å². The van der Waals surface area contributed by atoms with Gasteiger partial charge in [0, 0.05) is 5.03 Å². The molecule has 0 aromatic heterocycles. The molecule has 17 heavy (non-hydrogen) atoms. The van der Waals surface area contributed by atoms with Crippen molar-refractivity contribution < 1.29 is 0 Å². The molecule has 0 saturated carbocycles. The molecule has 90 valence electrons. The van der Waals surface area contributed by atoms with Gasteiger partial charge in [-0.3, -0.25) is 0 Å². The molecule has 0 radical (unpaired) electrons. The third-order valence-electron chi connectivity index (χ3n) is 3.33. The molecule has 0 bridgehead atoms. The first-order valence-electron chi connectivity index (χ1n) is 6.19. The molecule has 1 unspecified atom stereocenters. The fourth-order valence-corrected chi connectivity index (χ4v) is 2.41. The standard InChI is InChI=1S/C16H19Cl/c1-16(2)10-8-13(9-11-16)12-15(17)14-6-4-3-5-7-14/h3-8,10,12-13H,9,11H2,1-2H3/b15-12+. The second-order valence-electron chi connectivity index (χ2n) is 5.43. The molecular weight excluding hydrogens is 228 g/mol. The van der Waals surface area contributed by atoms with Crippen molar-refractivity contribution in [2.24, 2.45) is 11.3 Å². The second kappa shape index (κ2) is 5.10. The first kappa shape index (κ1) is 12.4. The second-order valence-corrected chi connectivity index (χ2v) is 5.84. The third-order valence-corrected chi connectivity index (χ3v) is 3.67. The highest BCUT2D eigenvalue weighted by molar-refractivity contribution is 6.48. The summed E-state index contributed by atoms with van der Waals surface area (Å²) < 4.78 is 0. The van der Waals surface area contributed by atoms with Crippen molar-refractivity contribution in [1.82, 2.24) is 0 Å². The topological polar surface area (TPSA) is 0 Å². The number of allylic oxidation sites excluding steroid dienone is 3. The van der Waals surface area contributed by atoms with Crippen molar-refractivity contribution in [3.8, 4) is 0 Å². The molecule has 0 amide bonds. The molecule has 1 atom stereocenters. The summed E-state index contributed by atoms with van der Waals surface area (Å²) in [6.07, 6.45) is 9.18. The molecule has 1 heteroatoms. The molecule has 0 heterocycles. The summed E-state index contributed by atoms with van der Waals surface area (Å²) in [5, 5.41) is 0.861. The lowest BCUT2D eigenvalue weighted by molar-refractivity contribution is 0.382. The fraction of sp³-hybridized carbons (Fsp3) is 0.375. The van der Waals surface area contributed by atoms with Crippen LogP contribution in [0.15, 0.2) is 48.6 Å². The Morgan fingerprint density at radius 1 is 1.29 bits per heavy atom. The first-order valence-corrected chi connectivity index (χ1v) is 6.57. The monoisotopic (exact) mass is 246 g/mol. The van der Waals surface area contributed by atoms with Crippen molar-refractivity contribution in [3.05, 3.63) is 54.1 Å². The molecule has 0 aliphatic heterocycles. The van der Waals surface area contributed by atoms with Gasteiger partial charge >= 0.3 is 0 Å². The van der Waals surface area contributed by atoms with E-state index in [1.807, 2.05) is 18.2 Å². The van der Waals surface area contributed by atoms with Gasteiger partial charge in [-0.1, -0.05) is 74.0 Å². The van der Waals surface area contributed by atoms with Gasteiger partial charge in [0.05, 0.1) is 0 Å². The van der Waals surface area contributed by atoms with Crippen LogP contribution in [0, 0.1) is 11.3 Å². The van der Waals surface area contributed by atoms with Gasteiger partial charge in [-0.05, 0) is 29.7 Å². The number of hydrogen-bond acceptors (Lipinski definition) is 0. The number of benzene rings is 1. The van der Waals surface area contributed by atoms with Crippen LogP contribution in [0.4, 0.5) is 0 Å². The van der Waals surface area contributed by atoms with Gasteiger partial charge in [0.2, 0.25) is 0 Å². The van der Waals surface area contributed by atoms with E-state index in [1.54, 1.807) is 0 Å². The zero-order valence-corrected chi connectivity index (χ0v) is 11.2.